The van der Waals surface area contributed by atoms with Crippen molar-refractivity contribution in [2.75, 3.05) is 0 Å². The Balaban J connectivity index is 2.19. The topological polar surface area (TPSA) is 0 Å². The molecule has 0 heteroatoms. The molecule has 0 aliphatic rings. The third kappa shape index (κ3) is 3.95. The largest absolute Gasteiger partial charge is 0.0956 e. The van der Waals surface area contributed by atoms with E-state index in [1.807, 2.05) is 0 Å². The highest BCUT2D eigenvalue weighted by molar-refractivity contribution is 5.87. The molecule has 2 aromatic carbocycles. The van der Waals surface area contributed by atoms with E-state index >= 15 is 0 Å². The molecule has 0 nitrogen and oxygen atoms in total. The quantitative estimate of drug-likeness (QED) is 0.525. The minimum absolute atomic E-state index is 1.05. The normalized spacial score (nSPS) is 11.6. The van der Waals surface area contributed by atoms with Gasteiger partial charge in [0.05, 0.1) is 0 Å². The molecule has 0 spiro atoms. The van der Waals surface area contributed by atoms with Crippen molar-refractivity contribution in [2.24, 2.45) is 0 Å². The van der Waals surface area contributed by atoms with E-state index < -0.39 is 0 Å². The molecule has 0 atom stereocenters. The highest BCUT2D eigenvalue weighted by atomic mass is 14.1. The van der Waals surface area contributed by atoms with Gasteiger partial charge in [0, 0.05) is 0 Å². The van der Waals surface area contributed by atoms with Crippen molar-refractivity contribution in [3.63, 3.8) is 0 Å². The molecule has 0 N–H and O–H groups in total. The monoisotopic (exact) mass is 276 g/mol. The Morgan fingerprint density at radius 2 is 1.76 bits per heavy atom. The second kappa shape index (κ2) is 7.08. The molecule has 108 valence electrons. The zero-order chi connectivity index (χ0) is 15.2. The summed E-state index contributed by atoms with van der Waals surface area (Å²) in [5, 5.41) is 2.52. The van der Waals surface area contributed by atoms with Gasteiger partial charge in [-0.1, -0.05) is 74.5 Å². The van der Waals surface area contributed by atoms with Crippen molar-refractivity contribution >= 4 is 16.3 Å². The maximum Gasteiger partial charge on any atom is -0.0178 e. The van der Waals surface area contributed by atoms with Crippen LogP contribution >= 0.6 is 0 Å². The van der Waals surface area contributed by atoms with E-state index in [1.54, 1.807) is 0 Å². The fourth-order valence-electron chi connectivity index (χ4n) is 2.42. The van der Waals surface area contributed by atoms with Crippen LogP contribution in [-0.2, 0) is 0 Å². The van der Waals surface area contributed by atoms with Crippen LogP contribution in [0.15, 0.2) is 72.8 Å². The van der Waals surface area contributed by atoms with E-state index in [0.29, 0.717) is 0 Å². The third-order valence-electron chi connectivity index (χ3n) is 3.90. The average Bonchev–Trinajstić information content (AvgIpc) is 2.51. The zero-order valence-electron chi connectivity index (χ0n) is 13.2. The highest BCUT2D eigenvalue weighted by Gasteiger charge is 2.01. The van der Waals surface area contributed by atoms with Crippen molar-refractivity contribution < 1.29 is 0 Å². The first-order valence-corrected chi connectivity index (χ1v) is 7.66. The standard InChI is InChI=1S/C21H24/c1-5-6-9-16(2)17(3)14-18(4)20-13-12-19-10-7-8-11-21(19)15-20/h7-8,10-15H,2,4-6,9H2,1,3H3/b17-14+. The number of benzene rings is 2. The number of rotatable bonds is 6. The molecule has 0 aliphatic carbocycles. The molecule has 0 aliphatic heterocycles. The molecule has 0 saturated carbocycles. The van der Waals surface area contributed by atoms with Crippen LogP contribution in [0.5, 0.6) is 0 Å². The van der Waals surface area contributed by atoms with Crippen LogP contribution in [0.1, 0.15) is 38.7 Å². The molecule has 0 fully saturated rings. The second-order valence-corrected chi connectivity index (χ2v) is 5.62. The lowest BCUT2D eigenvalue weighted by Crippen LogP contribution is -1.87. The maximum atomic E-state index is 4.22. The van der Waals surface area contributed by atoms with Crippen LogP contribution in [0.3, 0.4) is 0 Å². The fourth-order valence-corrected chi connectivity index (χ4v) is 2.42. The smallest absolute Gasteiger partial charge is 0.0178 e. The summed E-state index contributed by atoms with van der Waals surface area (Å²) in [5.74, 6) is 0. The summed E-state index contributed by atoms with van der Waals surface area (Å²) in [4.78, 5) is 0. The van der Waals surface area contributed by atoms with E-state index in [1.165, 1.54) is 40.3 Å². The summed E-state index contributed by atoms with van der Waals surface area (Å²) in [6.07, 6.45) is 5.64. The summed E-state index contributed by atoms with van der Waals surface area (Å²) in [5.41, 5.74) is 4.69. The molecule has 0 heterocycles. The van der Waals surface area contributed by atoms with Crippen LogP contribution < -0.4 is 0 Å². The Morgan fingerprint density at radius 3 is 2.48 bits per heavy atom. The van der Waals surface area contributed by atoms with Gasteiger partial charge in [-0.2, -0.15) is 0 Å². The number of fused-ring (bicyclic) bond motifs is 1. The van der Waals surface area contributed by atoms with Crippen molar-refractivity contribution in [1.29, 1.82) is 0 Å². The lowest BCUT2D eigenvalue weighted by molar-refractivity contribution is 0.793. The molecule has 2 rings (SSSR count). The first-order chi connectivity index (χ1) is 10.1. The maximum absolute atomic E-state index is 4.22. The van der Waals surface area contributed by atoms with Crippen LogP contribution in [-0.4, -0.2) is 0 Å². The van der Waals surface area contributed by atoms with Crippen LogP contribution in [0.4, 0.5) is 0 Å². The Bertz CT molecular complexity index is 686. The van der Waals surface area contributed by atoms with Gasteiger partial charge in [0.25, 0.3) is 0 Å². The summed E-state index contributed by atoms with van der Waals surface area (Å²) < 4.78 is 0. The van der Waals surface area contributed by atoms with Gasteiger partial charge >= 0.3 is 0 Å². The fraction of sp³-hybridized carbons (Fsp3) is 0.238. The van der Waals surface area contributed by atoms with Gasteiger partial charge in [-0.15, -0.1) is 0 Å². The van der Waals surface area contributed by atoms with E-state index in [-0.39, 0.29) is 0 Å². The highest BCUT2D eigenvalue weighted by Crippen LogP contribution is 2.24. The summed E-state index contributed by atoms with van der Waals surface area (Å²) in [7, 11) is 0. The minimum Gasteiger partial charge on any atom is -0.0956 e. The van der Waals surface area contributed by atoms with Gasteiger partial charge in [0.2, 0.25) is 0 Å². The lowest BCUT2D eigenvalue weighted by Gasteiger charge is -2.08. The minimum atomic E-state index is 1.05. The zero-order valence-corrected chi connectivity index (χ0v) is 13.2. The molecular weight excluding hydrogens is 252 g/mol. The number of allylic oxidation sites excluding steroid dienone is 4. The Morgan fingerprint density at radius 1 is 1.05 bits per heavy atom. The van der Waals surface area contributed by atoms with Gasteiger partial charge in [-0.05, 0) is 53.3 Å². The van der Waals surface area contributed by atoms with E-state index in [4.69, 9.17) is 0 Å². The van der Waals surface area contributed by atoms with E-state index in [9.17, 15) is 0 Å². The second-order valence-electron chi connectivity index (χ2n) is 5.62. The number of unbranched alkanes of at least 4 members (excludes halogenated alkanes) is 1. The molecule has 0 amide bonds. The predicted molar refractivity (Wildman–Crippen MR) is 95.4 cm³/mol. The average molecular weight is 276 g/mol. The van der Waals surface area contributed by atoms with Crippen LogP contribution in [0, 0.1) is 0 Å². The Kier molecular flexibility index (Phi) is 5.16. The molecule has 0 unspecified atom stereocenters. The Labute approximate surface area is 128 Å². The van der Waals surface area contributed by atoms with Crippen LogP contribution in [0.25, 0.3) is 16.3 Å². The number of hydrogen-bond acceptors (Lipinski definition) is 0. The molecule has 0 aromatic heterocycles. The van der Waals surface area contributed by atoms with Gasteiger partial charge in [-0.25, -0.2) is 0 Å². The molecule has 0 saturated heterocycles. The third-order valence-corrected chi connectivity index (χ3v) is 3.90. The van der Waals surface area contributed by atoms with Crippen LogP contribution in [0.2, 0.25) is 0 Å². The molecule has 0 bridgehead atoms. The van der Waals surface area contributed by atoms with Gasteiger partial charge in [0.15, 0.2) is 0 Å². The number of hydrogen-bond donors (Lipinski definition) is 0. The van der Waals surface area contributed by atoms with Crippen molar-refractivity contribution in [2.45, 2.75) is 33.1 Å². The van der Waals surface area contributed by atoms with Crippen molar-refractivity contribution in [3.05, 3.63) is 78.4 Å². The molecule has 21 heavy (non-hydrogen) atoms. The van der Waals surface area contributed by atoms with Crippen molar-refractivity contribution in [1.82, 2.24) is 0 Å². The first-order valence-electron chi connectivity index (χ1n) is 7.66. The lowest BCUT2D eigenvalue weighted by atomic mass is 9.97. The van der Waals surface area contributed by atoms with Crippen molar-refractivity contribution in [3.8, 4) is 0 Å². The molecule has 2 aromatic rings. The summed E-state index contributed by atoms with van der Waals surface area (Å²) in [6.45, 7) is 12.7. The Hall–Kier alpha value is -2.08. The van der Waals surface area contributed by atoms with Gasteiger partial charge in [-0.3, -0.25) is 0 Å². The molecule has 0 radical (unpaired) electrons. The summed E-state index contributed by atoms with van der Waals surface area (Å²) in [6, 6.07) is 14.9. The first kappa shape index (κ1) is 15.3. The van der Waals surface area contributed by atoms with E-state index in [2.05, 4.69) is 75.5 Å². The van der Waals surface area contributed by atoms with Gasteiger partial charge in [0.1, 0.15) is 0 Å². The van der Waals surface area contributed by atoms with Gasteiger partial charge < -0.3 is 0 Å². The molecular formula is C21H24. The van der Waals surface area contributed by atoms with E-state index in [0.717, 1.165) is 12.0 Å². The SMILES string of the molecule is C=C(CCCC)/C(C)=C/C(=C)c1ccc2ccccc2c1. The summed E-state index contributed by atoms with van der Waals surface area (Å²) >= 11 is 0. The predicted octanol–water partition coefficient (Wildman–Crippen LogP) is 6.55.